The second-order valence-electron chi connectivity index (χ2n) is 6.81. The molecule has 1 aliphatic heterocycles. The zero-order chi connectivity index (χ0) is 18.1. The zero-order valence-electron chi connectivity index (χ0n) is 14.5. The number of fused-ring (bicyclic) bond motifs is 2. The molecule has 2 aromatic carbocycles. The minimum absolute atomic E-state index is 0.0770. The van der Waals surface area contributed by atoms with Crippen molar-refractivity contribution in [1.29, 1.82) is 0 Å². The zero-order valence-corrected chi connectivity index (χ0v) is 14.5. The molecule has 1 fully saturated rings. The lowest BCUT2D eigenvalue weighted by atomic mass is 9.84. The molecule has 0 atom stereocenters. The molecule has 1 heterocycles. The minimum atomic E-state index is -0.177. The van der Waals surface area contributed by atoms with Crippen LogP contribution in [-0.2, 0) is 4.79 Å². The van der Waals surface area contributed by atoms with E-state index in [1.807, 2.05) is 0 Å². The van der Waals surface area contributed by atoms with Crippen LogP contribution in [0.3, 0.4) is 0 Å². The first kappa shape index (κ1) is 16.7. The fraction of sp³-hybridized carbons (Fsp3) is 0.286. The standard InChI is InChI=1S/C21H20N2O3/c24-19(9-12-23-10-3-4-11-23)22-14-7-8-17-18(13-14)21(26)16-6-2-1-5-15(16)20(17)25/h1-2,5-8,13H,3-4,9-12H2,(H,22,24). The summed E-state index contributed by atoms with van der Waals surface area (Å²) in [5.41, 5.74) is 2.15. The highest BCUT2D eigenvalue weighted by Gasteiger charge is 2.29. The van der Waals surface area contributed by atoms with E-state index in [2.05, 4.69) is 10.2 Å². The Bertz CT molecular complexity index is 898. The number of hydrogen-bond acceptors (Lipinski definition) is 4. The summed E-state index contributed by atoms with van der Waals surface area (Å²) in [4.78, 5) is 39.8. The summed E-state index contributed by atoms with van der Waals surface area (Å²) in [7, 11) is 0. The normalized spacial score (nSPS) is 16.3. The van der Waals surface area contributed by atoms with Gasteiger partial charge in [-0.1, -0.05) is 24.3 Å². The number of ketones is 2. The molecule has 0 bridgehead atoms. The Morgan fingerprint density at radius 3 is 2.19 bits per heavy atom. The largest absolute Gasteiger partial charge is 0.326 e. The van der Waals surface area contributed by atoms with E-state index >= 15 is 0 Å². The quantitative estimate of drug-likeness (QED) is 0.787. The lowest BCUT2D eigenvalue weighted by Crippen LogP contribution is -2.25. The first-order valence-corrected chi connectivity index (χ1v) is 8.98. The molecule has 0 unspecified atom stereocenters. The number of likely N-dealkylation sites (tertiary alicyclic amines) is 1. The van der Waals surface area contributed by atoms with Crippen molar-refractivity contribution < 1.29 is 14.4 Å². The van der Waals surface area contributed by atoms with Crippen molar-refractivity contribution in [1.82, 2.24) is 4.90 Å². The molecule has 1 amide bonds. The molecule has 0 saturated carbocycles. The Morgan fingerprint density at radius 1 is 0.885 bits per heavy atom. The Balaban J connectivity index is 1.51. The first-order valence-electron chi connectivity index (χ1n) is 8.98. The van der Waals surface area contributed by atoms with Gasteiger partial charge in [0.05, 0.1) is 0 Å². The van der Waals surface area contributed by atoms with Gasteiger partial charge >= 0.3 is 0 Å². The molecule has 0 spiro atoms. The number of nitrogens with one attached hydrogen (secondary N) is 1. The van der Waals surface area contributed by atoms with Crippen molar-refractivity contribution in [2.45, 2.75) is 19.3 Å². The molecule has 2 aliphatic rings. The summed E-state index contributed by atoms with van der Waals surface area (Å²) in [6.45, 7) is 2.87. The van der Waals surface area contributed by atoms with Crippen LogP contribution in [0.25, 0.3) is 0 Å². The van der Waals surface area contributed by atoms with E-state index in [4.69, 9.17) is 0 Å². The van der Waals surface area contributed by atoms with Crippen LogP contribution in [0, 0.1) is 0 Å². The second kappa shape index (κ2) is 6.84. The summed E-state index contributed by atoms with van der Waals surface area (Å²) in [6.07, 6.45) is 2.82. The topological polar surface area (TPSA) is 66.5 Å². The number of benzene rings is 2. The first-order chi connectivity index (χ1) is 12.6. The van der Waals surface area contributed by atoms with Gasteiger partial charge in [0.25, 0.3) is 0 Å². The maximum absolute atomic E-state index is 12.7. The van der Waals surface area contributed by atoms with Crippen LogP contribution in [0.2, 0.25) is 0 Å². The number of carbonyl (C=O) groups excluding carboxylic acids is 3. The summed E-state index contributed by atoms with van der Waals surface area (Å²) in [6, 6.07) is 11.8. The summed E-state index contributed by atoms with van der Waals surface area (Å²) in [5.74, 6) is -0.405. The van der Waals surface area contributed by atoms with Gasteiger partial charge in [-0.05, 0) is 44.1 Å². The molecule has 132 valence electrons. The Labute approximate surface area is 152 Å². The van der Waals surface area contributed by atoms with Crippen LogP contribution in [0.5, 0.6) is 0 Å². The second-order valence-corrected chi connectivity index (χ2v) is 6.81. The maximum Gasteiger partial charge on any atom is 0.225 e. The monoisotopic (exact) mass is 348 g/mol. The van der Waals surface area contributed by atoms with Crippen molar-refractivity contribution in [3.8, 4) is 0 Å². The van der Waals surface area contributed by atoms with Crippen molar-refractivity contribution in [2.75, 3.05) is 25.0 Å². The van der Waals surface area contributed by atoms with Crippen LogP contribution in [-0.4, -0.2) is 42.0 Å². The summed E-state index contributed by atoms with van der Waals surface area (Å²) < 4.78 is 0. The fourth-order valence-corrected chi connectivity index (χ4v) is 3.67. The smallest absolute Gasteiger partial charge is 0.225 e. The van der Waals surface area contributed by atoms with E-state index < -0.39 is 0 Å². The third-order valence-corrected chi connectivity index (χ3v) is 5.06. The highest BCUT2D eigenvalue weighted by molar-refractivity contribution is 6.28. The number of amides is 1. The predicted octanol–water partition coefficient (Wildman–Crippen LogP) is 2.89. The van der Waals surface area contributed by atoms with Gasteiger partial charge in [-0.2, -0.15) is 0 Å². The van der Waals surface area contributed by atoms with Gasteiger partial charge in [0.1, 0.15) is 0 Å². The van der Waals surface area contributed by atoms with Gasteiger partial charge in [-0.25, -0.2) is 0 Å². The van der Waals surface area contributed by atoms with E-state index in [0.29, 0.717) is 34.4 Å². The van der Waals surface area contributed by atoms with Crippen LogP contribution < -0.4 is 5.32 Å². The maximum atomic E-state index is 12.7. The van der Waals surface area contributed by atoms with Gasteiger partial charge < -0.3 is 10.2 Å². The van der Waals surface area contributed by atoms with Gasteiger partial charge in [-0.3, -0.25) is 14.4 Å². The molecule has 5 heteroatoms. The summed E-state index contributed by atoms with van der Waals surface area (Å²) >= 11 is 0. The molecular weight excluding hydrogens is 328 g/mol. The minimum Gasteiger partial charge on any atom is -0.326 e. The van der Waals surface area contributed by atoms with E-state index in [1.54, 1.807) is 42.5 Å². The third kappa shape index (κ3) is 3.06. The molecule has 1 saturated heterocycles. The molecule has 0 aromatic heterocycles. The van der Waals surface area contributed by atoms with Crippen LogP contribution >= 0.6 is 0 Å². The van der Waals surface area contributed by atoms with E-state index in [-0.39, 0.29) is 17.5 Å². The lowest BCUT2D eigenvalue weighted by Gasteiger charge is -2.18. The Hall–Kier alpha value is -2.79. The van der Waals surface area contributed by atoms with Gasteiger partial charge in [-0.15, -0.1) is 0 Å². The molecule has 4 rings (SSSR count). The Morgan fingerprint density at radius 2 is 1.50 bits per heavy atom. The van der Waals surface area contributed by atoms with Crippen LogP contribution in [0.4, 0.5) is 5.69 Å². The molecule has 2 aromatic rings. The Kier molecular flexibility index (Phi) is 4.39. The van der Waals surface area contributed by atoms with Gasteiger partial charge in [0, 0.05) is 40.9 Å². The molecule has 26 heavy (non-hydrogen) atoms. The third-order valence-electron chi connectivity index (χ3n) is 5.06. The average molecular weight is 348 g/mol. The number of hydrogen-bond donors (Lipinski definition) is 1. The number of rotatable bonds is 4. The van der Waals surface area contributed by atoms with Crippen molar-refractivity contribution in [3.05, 3.63) is 64.7 Å². The predicted molar refractivity (Wildman–Crippen MR) is 98.7 cm³/mol. The van der Waals surface area contributed by atoms with Gasteiger partial charge in [0.2, 0.25) is 5.91 Å². The molecular formula is C21H20N2O3. The molecule has 5 nitrogen and oxygen atoms in total. The highest BCUT2D eigenvalue weighted by Crippen LogP contribution is 2.29. The van der Waals surface area contributed by atoms with Crippen molar-refractivity contribution in [2.24, 2.45) is 0 Å². The van der Waals surface area contributed by atoms with Crippen molar-refractivity contribution >= 4 is 23.2 Å². The highest BCUT2D eigenvalue weighted by atomic mass is 16.2. The van der Waals surface area contributed by atoms with E-state index in [0.717, 1.165) is 19.6 Å². The lowest BCUT2D eigenvalue weighted by molar-refractivity contribution is -0.116. The SMILES string of the molecule is O=C(CCN1CCCC1)Nc1ccc2c(c1)C(=O)c1ccccc1C2=O. The fourth-order valence-electron chi connectivity index (χ4n) is 3.67. The number of nitrogens with zero attached hydrogens (tertiary/aromatic N) is 1. The summed E-state index contributed by atoms with van der Waals surface area (Å²) in [5, 5.41) is 2.85. The van der Waals surface area contributed by atoms with Crippen molar-refractivity contribution in [3.63, 3.8) is 0 Å². The number of carbonyl (C=O) groups is 3. The number of anilines is 1. The van der Waals surface area contributed by atoms with E-state index in [1.165, 1.54) is 12.8 Å². The van der Waals surface area contributed by atoms with Crippen LogP contribution in [0.15, 0.2) is 42.5 Å². The van der Waals surface area contributed by atoms with E-state index in [9.17, 15) is 14.4 Å². The average Bonchev–Trinajstić information content (AvgIpc) is 3.18. The molecule has 1 aliphatic carbocycles. The van der Waals surface area contributed by atoms with Crippen LogP contribution in [0.1, 0.15) is 51.1 Å². The van der Waals surface area contributed by atoms with Gasteiger partial charge in [0.15, 0.2) is 11.6 Å². The molecule has 1 N–H and O–H groups in total. The molecule has 0 radical (unpaired) electrons.